The first kappa shape index (κ1) is 28.1. The molecule has 0 fully saturated rings. The quantitative estimate of drug-likeness (QED) is 0.187. The van der Waals surface area contributed by atoms with Crippen LogP contribution in [0, 0.1) is 0 Å². The number of rotatable bonds is 5. The zero-order valence-corrected chi connectivity index (χ0v) is 26.7. The summed E-state index contributed by atoms with van der Waals surface area (Å²) in [6.07, 6.45) is 3.66. The van der Waals surface area contributed by atoms with Crippen LogP contribution in [-0.2, 0) is 0 Å². The Hall–Kier alpha value is -6.92. The SMILES string of the molecule is c1ccc(-c2nc(-c3ccccc3)nc(-c3cc(-c4cccnc4)c4oc5cc6c7ccccc7n(-c7ccccc7)c6cc5c4c3)n2)cc1. The van der Waals surface area contributed by atoms with Gasteiger partial charge in [-0.2, -0.15) is 0 Å². The molecule has 4 aromatic heterocycles. The third kappa shape index (κ3) is 4.58. The fourth-order valence-corrected chi connectivity index (χ4v) is 7.00. The fraction of sp³-hybridized carbons (Fsp3) is 0. The first-order valence-electron chi connectivity index (χ1n) is 16.5. The van der Waals surface area contributed by atoms with Crippen molar-refractivity contribution in [3.05, 3.63) is 164 Å². The van der Waals surface area contributed by atoms with E-state index in [4.69, 9.17) is 19.4 Å². The molecule has 0 aliphatic rings. The van der Waals surface area contributed by atoms with Gasteiger partial charge < -0.3 is 8.98 Å². The van der Waals surface area contributed by atoms with Crippen molar-refractivity contribution in [1.29, 1.82) is 0 Å². The van der Waals surface area contributed by atoms with Crippen molar-refractivity contribution < 1.29 is 4.42 Å². The minimum Gasteiger partial charge on any atom is -0.455 e. The Morgan fingerprint density at radius 2 is 1.06 bits per heavy atom. The Labute approximate surface area is 287 Å². The highest BCUT2D eigenvalue weighted by atomic mass is 16.3. The minimum atomic E-state index is 0.582. The van der Waals surface area contributed by atoms with Gasteiger partial charge in [0.05, 0.1) is 11.0 Å². The second-order valence-corrected chi connectivity index (χ2v) is 12.3. The lowest BCUT2D eigenvalue weighted by atomic mass is 9.99. The zero-order chi connectivity index (χ0) is 33.0. The van der Waals surface area contributed by atoms with Crippen LogP contribution in [0.1, 0.15) is 0 Å². The third-order valence-electron chi connectivity index (χ3n) is 9.31. The lowest BCUT2D eigenvalue weighted by Crippen LogP contribution is -2.00. The van der Waals surface area contributed by atoms with Crippen LogP contribution >= 0.6 is 0 Å². The Morgan fingerprint density at radius 3 is 1.74 bits per heavy atom. The molecule has 0 aliphatic heterocycles. The molecule has 6 nitrogen and oxygen atoms in total. The molecule has 234 valence electrons. The summed E-state index contributed by atoms with van der Waals surface area (Å²) in [5.74, 6) is 1.81. The number of pyridine rings is 1. The third-order valence-corrected chi connectivity index (χ3v) is 9.31. The molecule has 0 spiro atoms. The maximum Gasteiger partial charge on any atom is 0.164 e. The predicted octanol–water partition coefficient (Wildman–Crippen LogP) is 10.9. The molecule has 0 amide bonds. The van der Waals surface area contributed by atoms with Crippen LogP contribution in [0.2, 0.25) is 0 Å². The number of furan rings is 1. The topological polar surface area (TPSA) is 69.6 Å². The summed E-state index contributed by atoms with van der Waals surface area (Å²) in [5.41, 5.74) is 9.55. The van der Waals surface area contributed by atoms with E-state index in [0.717, 1.165) is 71.9 Å². The Morgan fingerprint density at radius 1 is 0.440 bits per heavy atom. The van der Waals surface area contributed by atoms with E-state index in [0.29, 0.717) is 17.5 Å². The summed E-state index contributed by atoms with van der Waals surface area (Å²) >= 11 is 0. The van der Waals surface area contributed by atoms with E-state index >= 15 is 0 Å². The molecule has 0 saturated carbocycles. The van der Waals surface area contributed by atoms with Crippen molar-refractivity contribution in [1.82, 2.24) is 24.5 Å². The molecule has 0 atom stereocenters. The summed E-state index contributed by atoms with van der Waals surface area (Å²) in [5, 5.41) is 4.30. The van der Waals surface area contributed by atoms with Crippen LogP contribution < -0.4 is 0 Å². The summed E-state index contributed by atoms with van der Waals surface area (Å²) in [6, 6.07) is 51.9. The second-order valence-electron chi connectivity index (χ2n) is 12.3. The summed E-state index contributed by atoms with van der Waals surface area (Å²) in [6.45, 7) is 0. The first-order valence-corrected chi connectivity index (χ1v) is 16.5. The van der Waals surface area contributed by atoms with E-state index in [1.54, 1.807) is 6.20 Å². The molecule has 0 aliphatic carbocycles. The second kappa shape index (κ2) is 11.4. The van der Waals surface area contributed by atoms with Crippen LogP contribution in [0.25, 0.3) is 94.7 Å². The molecule has 0 bridgehead atoms. The monoisotopic (exact) mass is 641 g/mol. The molecular formula is C44H27N5O. The Balaban J connectivity index is 1.28. The van der Waals surface area contributed by atoms with Crippen molar-refractivity contribution in [2.24, 2.45) is 0 Å². The summed E-state index contributed by atoms with van der Waals surface area (Å²) in [7, 11) is 0. The van der Waals surface area contributed by atoms with E-state index in [1.165, 1.54) is 5.39 Å². The molecule has 10 aromatic rings. The van der Waals surface area contributed by atoms with Crippen molar-refractivity contribution in [3.8, 4) is 51.0 Å². The van der Waals surface area contributed by atoms with E-state index in [1.807, 2.05) is 79.0 Å². The van der Waals surface area contributed by atoms with Gasteiger partial charge in [0.1, 0.15) is 11.2 Å². The van der Waals surface area contributed by atoms with Gasteiger partial charge >= 0.3 is 0 Å². The lowest BCUT2D eigenvalue weighted by molar-refractivity contribution is 0.670. The largest absolute Gasteiger partial charge is 0.455 e. The van der Waals surface area contributed by atoms with Crippen molar-refractivity contribution >= 4 is 43.7 Å². The smallest absolute Gasteiger partial charge is 0.164 e. The highest BCUT2D eigenvalue weighted by Gasteiger charge is 2.21. The molecule has 6 aromatic carbocycles. The number of fused-ring (bicyclic) bond motifs is 6. The molecular weight excluding hydrogens is 615 g/mol. The maximum atomic E-state index is 6.80. The molecule has 0 saturated heterocycles. The number of nitrogens with zero attached hydrogens (tertiary/aromatic N) is 5. The summed E-state index contributed by atoms with van der Waals surface area (Å²) < 4.78 is 9.13. The Bertz CT molecular complexity index is 2790. The van der Waals surface area contributed by atoms with Crippen molar-refractivity contribution in [2.75, 3.05) is 0 Å². The molecule has 6 heteroatoms. The van der Waals surface area contributed by atoms with E-state index < -0.39 is 0 Å². The molecule has 10 rings (SSSR count). The number of benzene rings is 6. The van der Waals surface area contributed by atoms with Gasteiger partial charge in [-0.15, -0.1) is 0 Å². The summed E-state index contributed by atoms with van der Waals surface area (Å²) in [4.78, 5) is 19.5. The average Bonchev–Trinajstić information content (AvgIpc) is 3.72. The lowest BCUT2D eigenvalue weighted by Gasteiger charge is -2.10. The first-order chi connectivity index (χ1) is 24.8. The maximum absolute atomic E-state index is 6.80. The molecule has 0 radical (unpaired) electrons. The van der Waals surface area contributed by atoms with Gasteiger partial charge in [0.25, 0.3) is 0 Å². The normalized spacial score (nSPS) is 11.6. The van der Waals surface area contributed by atoms with Gasteiger partial charge in [-0.1, -0.05) is 103 Å². The van der Waals surface area contributed by atoms with Crippen LogP contribution in [0.15, 0.2) is 168 Å². The predicted molar refractivity (Wildman–Crippen MR) is 201 cm³/mol. The standard InChI is InChI=1S/C44H27N5O/c1-4-13-28(14-5-1)42-46-43(29-15-6-2-7-16-29)48-44(47-42)31-23-34(30-17-12-22-45-27-30)41-37(24-31)36-25-39-35(26-40(36)50-41)33-20-10-11-21-38(33)49(39)32-18-8-3-9-19-32/h1-27H. The Kier molecular flexibility index (Phi) is 6.39. The van der Waals surface area contributed by atoms with Crippen LogP contribution in [0.3, 0.4) is 0 Å². The molecule has 0 unspecified atom stereocenters. The number of aromatic nitrogens is 5. The number of hydrogen-bond acceptors (Lipinski definition) is 5. The minimum absolute atomic E-state index is 0.582. The molecule has 0 N–H and O–H groups in total. The highest BCUT2D eigenvalue weighted by molar-refractivity contribution is 6.19. The molecule has 50 heavy (non-hydrogen) atoms. The number of para-hydroxylation sites is 2. The number of hydrogen-bond donors (Lipinski definition) is 0. The average molecular weight is 642 g/mol. The van der Waals surface area contributed by atoms with E-state index in [9.17, 15) is 0 Å². The highest BCUT2D eigenvalue weighted by Crippen LogP contribution is 2.42. The molecule has 4 heterocycles. The van der Waals surface area contributed by atoms with Gasteiger partial charge in [-0.05, 0) is 48.5 Å². The van der Waals surface area contributed by atoms with E-state index in [-0.39, 0.29) is 0 Å². The van der Waals surface area contributed by atoms with Crippen molar-refractivity contribution in [3.63, 3.8) is 0 Å². The van der Waals surface area contributed by atoms with Crippen molar-refractivity contribution in [2.45, 2.75) is 0 Å². The van der Waals surface area contributed by atoms with Gasteiger partial charge in [0.15, 0.2) is 17.5 Å². The van der Waals surface area contributed by atoms with Crippen LogP contribution in [-0.4, -0.2) is 24.5 Å². The van der Waals surface area contributed by atoms with E-state index in [2.05, 4.69) is 88.4 Å². The van der Waals surface area contributed by atoms with Gasteiger partial charge in [-0.3, -0.25) is 4.98 Å². The van der Waals surface area contributed by atoms with Gasteiger partial charge in [0, 0.05) is 67.4 Å². The van der Waals surface area contributed by atoms with Gasteiger partial charge in [-0.25, -0.2) is 15.0 Å². The zero-order valence-electron chi connectivity index (χ0n) is 26.7. The fourth-order valence-electron chi connectivity index (χ4n) is 7.00. The van der Waals surface area contributed by atoms with Crippen LogP contribution in [0.4, 0.5) is 0 Å². The van der Waals surface area contributed by atoms with Gasteiger partial charge in [0.2, 0.25) is 0 Å². The van der Waals surface area contributed by atoms with Crippen LogP contribution in [0.5, 0.6) is 0 Å².